The van der Waals surface area contributed by atoms with Crippen LogP contribution in [0.15, 0.2) is 67.0 Å². The molecule has 0 spiro atoms. The van der Waals surface area contributed by atoms with Gasteiger partial charge in [0.2, 0.25) is 5.91 Å². The molecule has 3 heterocycles. The summed E-state index contributed by atoms with van der Waals surface area (Å²) in [6.45, 7) is 4.36. The molecular formula is C29H32N6O4. The lowest BCUT2D eigenvalue weighted by molar-refractivity contribution is -0.131. The molecule has 1 saturated heterocycles. The molecule has 0 aliphatic carbocycles. The molecule has 2 amide bonds. The summed E-state index contributed by atoms with van der Waals surface area (Å²) >= 11 is 0. The van der Waals surface area contributed by atoms with Gasteiger partial charge < -0.3 is 15.0 Å². The molecule has 2 aromatic heterocycles. The molecule has 202 valence electrons. The number of piperidine rings is 1. The van der Waals surface area contributed by atoms with Gasteiger partial charge in [0.15, 0.2) is 0 Å². The average molecular weight is 529 g/mol. The standard InChI is InChI=1S/C29H32N6O4/c1-20-16-22(24-4-2-3-5-25(24)32-20)19-39-23-8-6-21(7-9-23)28(37)33-29(17-27(36)34-38)10-14-35(15-11-29)18-26-30-12-13-31-26/h2-9,12-13,16,38H,10-11,14-15,17-19H2,1H3,(H,30,31)(H,33,37)(H,34,36). The summed E-state index contributed by atoms with van der Waals surface area (Å²) in [5.41, 5.74) is 4.31. The third-order valence-corrected chi connectivity index (χ3v) is 7.18. The van der Waals surface area contributed by atoms with Crippen LogP contribution in [0.4, 0.5) is 0 Å². The molecule has 0 atom stereocenters. The van der Waals surface area contributed by atoms with Gasteiger partial charge in [0.05, 0.1) is 24.0 Å². The number of rotatable bonds is 9. The van der Waals surface area contributed by atoms with Gasteiger partial charge in [0, 0.05) is 47.7 Å². The number of carbonyl (C=O) groups excluding carboxylic acids is 2. The quantitative estimate of drug-likeness (QED) is 0.193. The van der Waals surface area contributed by atoms with E-state index in [9.17, 15) is 9.59 Å². The lowest BCUT2D eigenvalue weighted by Gasteiger charge is -2.41. The molecule has 0 unspecified atom stereocenters. The second kappa shape index (κ2) is 11.6. The molecule has 0 radical (unpaired) electrons. The van der Waals surface area contributed by atoms with Crippen LogP contribution in [0.2, 0.25) is 0 Å². The van der Waals surface area contributed by atoms with Gasteiger partial charge in [-0.05, 0) is 56.2 Å². The van der Waals surface area contributed by atoms with E-state index in [1.54, 1.807) is 42.1 Å². The number of benzene rings is 2. The van der Waals surface area contributed by atoms with Crippen LogP contribution in [0.3, 0.4) is 0 Å². The number of H-pyrrole nitrogens is 1. The number of nitrogens with one attached hydrogen (secondary N) is 3. The molecule has 2 aromatic carbocycles. The maximum Gasteiger partial charge on any atom is 0.251 e. The smallest absolute Gasteiger partial charge is 0.251 e. The van der Waals surface area contributed by atoms with Crippen LogP contribution in [0.1, 0.15) is 46.7 Å². The van der Waals surface area contributed by atoms with Crippen molar-refractivity contribution in [3.63, 3.8) is 0 Å². The molecule has 1 aliphatic rings. The Labute approximate surface area is 226 Å². The number of hydroxylamine groups is 1. The zero-order valence-corrected chi connectivity index (χ0v) is 21.8. The van der Waals surface area contributed by atoms with E-state index in [2.05, 4.69) is 25.2 Å². The number of aromatic amines is 1. The first-order valence-corrected chi connectivity index (χ1v) is 13.0. The minimum atomic E-state index is -0.765. The number of pyridine rings is 1. The number of hydrogen-bond acceptors (Lipinski definition) is 7. The van der Waals surface area contributed by atoms with Crippen molar-refractivity contribution in [3.05, 3.63) is 89.6 Å². The maximum atomic E-state index is 13.2. The highest BCUT2D eigenvalue weighted by Gasteiger charge is 2.38. The maximum absolute atomic E-state index is 13.2. The summed E-state index contributed by atoms with van der Waals surface area (Å²) in [7, 11) is 0. The highest BCUT2D eigenvalue weighted by Crippen LogP contribution is 2.28. The van der Waals surface area contributed by atoms with Crippen molar-refractivity contribution < 1.29 is 19.5 Å². The normalized spacial score (nSPS) is 15.1. The van der Waals surface area contributed by atoms with Gasteiger partial charge in [-0.25, -0.2) is 10.5 Å². The molecule has 39 heavy (non-hydrogen) atoms. The number of aromatic nitrogens is 3. The van der Waals surface area contributed by atoms with Crippen LogP contribution in [0.5, 0.6) is 5.75 Å². The highest BCUT2D eigenvalue weighted by molar-refractivity contribution is 5.95. The molecule has 1 fully saturated rings. The largest absolute Gasteiger partial charge is 0.489 e. The van der Waals surface area contributed by atoms with E-state index in [4.69, 9.17) is 9.94 Å². The number of amides is 2. The Morgan fingerprint density at radius 1 is 1.13 bits per heavy atom. The Hall–Kier alpha value is -4.28. The highest BCUT2D eigenvalue weighted by atomic mass is 16.5. The van der Waals surface area contributed by atoms with Crippen molar-refractivity contribution in [2.45, 2.75) is 44.9 Å². The van der Waals surface area contributed by atoms with Gasteiger partial charge in [-0.1, -0.05) is 18.2 Å². The van der Waals surface area contributed by atoms with Crippen molar-refractivity contribution in [2.24, 2.45) is 0 Å². The fraction of sp³-hybridized carbons (Fsp3) is 0.310. The Kier molecular flexibility index (Phi) is 7.85. The second-order valence-corrected chi connectivity index (χ2v) is 10.0. The Bertz CT molecular complexity index is 1430. The van der Waals surface area contributed by atoms with Gasteiger partial charge >= 0.3 is 0 Å². The van der Waals surface area contributed by atoms with E-state index in [0.717, 1.165) is 28.0 Å². The lowest BCUT2D eigenvalue weighted by atomic mass is 9.83. The number of aryl methyl sites for hydroxylation is 1. The van der Waals surface area contributed by atoms with Crippen molar-refractivity contribution >= 4 is 22.7 Å². The number of fused-ring (bicyclic) bond motifs is 1. The van der Waals surface area contributed by atoms with Gasteiger partial charge in [-0.2, -0.15) is 0 Å². The van der Waals surface area contributed by atoms with Crippen LogP contribution in [0, 0.1) is 6.92 Å². The third-order valence-electron chi connectivity index (χ3n) is 7.18. The summed E-state index contributed by atoms with van der Waals surface area (Å²) in [6.07, 6.45) is 4.62. The van der Waals surface area contributed by atoms with Crippen molar-refractivity contribution in [1.29, 1.82) is 0 Å². The molecule has 4 N–H and O–H groups in total. The van der Waals surface area contributed by atoms with E-state index in [-0.39, 0.29) is 12.3 Å². The van der Waals surface area contributed by atoms with Gasteiger partial charge in [0.25, 0.3) is 5.91 Å². The second-order valence-electron chi connectivity index (χ2n) is 10.0. The average Bonchev–Trinajstić information content (AvgIpc) is 3.46. The first kappa shape index (κ1) is 26.3. The summed E-state index contributed by atoms with van der Waals surface area (Å²) in [5.74, 6) is 0.708. The molecule has 5 rings (SSSR count). The first-order valence-electron chi connectivity index (χ1n) is 13.0. The van der Waals surface area contributed by atoms with Crippen LogP contribution >= 0.6 is 0 Å². The van der Waals surface area contributed by atoms with E-state index in [0.29, 0.717) is 50.4 Å². The predicted molar refractivity (Wildman–Crippen MR) is 145 cm³/mol. The van der Waals surface area contributed by atoms with Crippen LogP contribution in [0.25, 0.3) is 10.9 Å². The number of imidazole rings is 1. The van der Waals surface area contributed by atoms with E-state index in [1.165, 1.54) is 0 Å². The number of nitrogens with zero attached hydrogens (tertiary/aromatic N) is 3. The summed E-state index contributed by atoms with van der Waals surface area (Å²) in [4.78, 5) is 39.5. The molecule has 1 aliphatic heterocycles. The molecule has 0 bridgehead atoms. The summed E-state index contributed by atoms with van der Waals surface area (Å²) in [5, 5.41) is 13.3. The van der Waals surface area contributed by atoms with Crippen LogP contribution < -0.4 is 15.5 Å². The summed E-state index contributed by atoms with van der Waals surface area (Å²) in [6, 6.07) is 16.9. The predicted octanol–water partition coefficient (Wildman–Crippen LogP) is 3.51. The zero-order valence-electron chi connectivity index (χ0n) is 21.8. The molecule has 0 saturated carbocycles. The number of para-hydroxylation sites is 1. The zero-order chi connectivity index (χ0) is 27.2. The number of ether oxygens (including phenoxy) is 1. The lowest BCUT2D eigenvalue weighted by Crippen LogP contribution is -2.57. The van der Waals surface area contributed by atoms with Gasteiger partial charge in [0.1, 0.15) is 18.2 Å². The van der Waals surface area contributed by atoms with E-state index < -0.39 is 11.4 Å². The monoisotopic (exact) mass is 528 g/mol. The molecule has 4 aromatic rings. The van der Waals surface area contributed by atoms with Crippen LogP contribution in [-0.4, -0.2) is 55.5 Å². The van der Waals surface area contributed by atoms with E-state index >= 15 is 0 Å². The Morgan fingerprint density at radius 3 is 2.62 bits per heavy atom. The molecular weight excluding hydrogens is 496 g/mol. The van der Waals surface area contributed by atoms with Gasteiger partial charge in [-0.15, -0.1) is 0 Å². The third kappa shape index (κ3) is 6.42. The van der Waals surface area contributed by atoms with Crippen molar-refractivity contribution in [1.82, 2.24) is 30.6 Å². The number of hydrogen-bond donors (Lipinski definition) is 4. The minimum absolute atomic E-state index is 0.00959. The Balaban J connectivity index is 1.22. The Morgan fingerprint density at radius 2 is 1.90 bits per heavy atom. The topological polar surface area (TPSA) is 132 Å². The number of likely N-dealkylation sites (tertiary alicyclic amines) is 1. The van der Waals surface area contributed by atoms with Crippen molar-refractivity contribution in [3.8, 4) is 5.75 Å². The molecule has 10 nitrogen and oxygen atoms in total. The van der Waals surface area contributed by atoms with Gasteiger partial charge in [-0.3, -0.25) is 24.7 Å². The SMILES string of the molecule is Cc1cc(COc2ccc(C(=O)NC3(CC(=O)NO)CCN(Cc4ncc[nH]4)CC3)cc2)c2ccccc2n1. The fourth-order valence-electron chi connectivity index (χ4n) is 5.12. The van der Waals surface area contributed by atoms with Crippen LogP contribution in [-0.2, 0) is 17.9 Å². The molecule has 10 heteroatoms. The van der Waals surface area contributed by atoms with Crippen molar-refractivity contribution in [2.75, 3.05) is 13.1 Å². The minimum Gasteiger partial charge on any atom is -0.489 e. The fourth-order valence-corrected chi connectivity index (χ4v) is 5.12. The number of carbonyl (C=O) groups is 2. The summed E-state index contributed by atoms with van der Waals surface area (Å²) < 4.78 is 6.03. The first-order chi connectivity index (χ1) is 18.9. The van der Waals surface area contributed by atoms with E-state index in [1.807, 2.05) is 37.3 Å².